The minimum Gasteiger partial charge on any atom is -0.486 e. The van der Waals surface area contributed by atoms with Gasteiger partial charge in [-0.05, 0) is 46.3 Å². The van der Waals surface area contributed by atoms with E-state index in [0.717, 1.165) is 14.7 Å². The molecule has 21 heavy (non-hydrogen) atoms. The number of benzene rings is 1. The molecule has 0 unspecified atom stereocenters. The predicted molar refractivity (Wildman–Crippen MR) is 89.5 cm³/mol. The number of rotatable bonds is 5. The van der Waals surface area contributed by atoms with E-state index in [1.165, 1.54) is 6.08 Å². The lowest BCUT2D eigenvalue weighted by molar-refractivity contribution is -0.131. The van der Waals surface area contributed by atoms with Gasteiger partial charge in [0.05, 0.1) is 8.81 Å². The van der Waals surface area contributed by atoms with E-state index < -0.39 is 5.97 Å². The SMILES string of the molecule is O=C(O)/C=C/c1cc(Cl)cc(Cl)c1OCc1ccc(Br)s1. The van der Waals surface area contributed by atoms with Crippen molar-refractivity contribution in [3.63, 3.8) is 0 Å². The number of carboxylic acids is 1. The van der Waals surface area contributed by atoms with Crippen LogP contribution in [0.2, 0.25) is 10.0 Å². The van der Waals surface area contributed by atoms with Gasteiger partial charge in [0.2, 0.25) is 0 Å². The molecule has 7 heteroatoms. The highest BCUT2D eigenvalue weighted by Crippen LogP contribution is 2.34. The van der Waals surface area contributed by atoms with Gasteiger partial charge in [0.1, 0.15) is 12.4 Å². The molecule has 0 saturated carbocycles. The van der Waals surface area contributed by atoms with Crippen LogP contribution in [0.25, 0.3) is 6.08 Å². The van der Waals surface area contributed by atoms with Crippen LogP contribution in [0.4, 0.5) is 0 Å². The molecule has 0 saturated heterocycles. The molecule has 0 aliphatic carbocycles. The van der Waals surface area contributed by atoms with Crippen molar-refractivity contribution in [2.75, 3.05) is 0 Å². The number of hydrogen-bond donors (Lipinski definition) is 1. The normalized spacial score (nSPS) is 11.0. The molecule has 2 rings (SSSR count). The van der Waals surface area contributed by atoms with E-state index in [4.69, 9.17) is 33.0 Å². The fourth-order valence-corrected chi connectivity index (χ4v) is 3.55. The van der Waals surface area contributed by atoms with Crippen molar-refractivity contribution in [3.8, 4) is 5.75 Å². The monoisotopic (exact) mass is 406 g/mol. The number of thiophene rings is 1. The first kappa shape index (κ1) is 16.4. The lowest BCUT2D eigenvalue weighted by Gasteiger charge is -2.11. The number of halogens is 3. The van der Waals surface area contributed by atoms with Crippen LogP contribution < -0.4 is 4.74 Å². The van der Waals surface area contributed by atoms with Crippen molar-refractivity contribution in [1.82, 2.24) is 0 Å². The van der Waals surface area contributed by atoms with Crippen LogP contribution in [0.3, 0.4) is 0 Å². The summed E-state index contributed by atoms with van der Waals surface area (Å²) in [4.78, 5) is 11.7. The second-order valence-electron chi connectivity index (χ2n) is 3.97. The summed E-state index contributed by atoms with van der Waals surface area (Å²) in [5.74, 6) is -0.651. The first-order chi connectivity index (χ1) is 9.95. The van der Waals surface area contributed by atoms with Crippen LogP contribution in [0.5, 0.6) is 5.75 Å². The van der Waals surface area contributed by atoms with Crippen LogP contribution in [0.15, 0.2) is 34.1 Å². The average Bonchev–Trinajstić information content (AvgIpc) is 2.80. The summed E-state index contributed by atoms with van der Waals surface area (Å²) in [5.41, 5.74) is 0.519. The molecule has 2 aromatic rings. The van der Waals surface area contributed by atoms with Crippen molar-refractivity contribution < 1.29 is 14.6 Å². The maximum Gasteiger partial charge on any atom is 0.328 e. The maximum absolute atomic E-state index is 10.6. The highest BCUT2D eigenvalue weighted by Gasteiger charge is 2.10. The zero-order valence-electron chi connectivity index (χ0n) is 10.5. The molecule has 1 heterocycles. The van der Waals surface area contributed by atoms with Crippen LogP contribution in [0.1, 0.15) is 10.4 Å². The Kier molecular flexibility index (Phi) is 5.70. The van der Waals surface area contributed by atoms with Gasteiger partial charge < -0.3 is 9.84 Å². The molecule has 1 N–H and O–H groups in total. The Balaban J connectivity index is 2.26. The van der Waals surface area contributed by atoms with E-state index in [1.54, 1.807) is 23.5 Å². The lowest BCUT2D eigenvalue weighted by Crippen LogP contribution is -1.96. The molecule has 0 amide bonds. The van der Waals surface area contributed by atoms with Gasteiger partial charge in [-0.25, -0.2) is 4.79 Å². The summed E-state index contributed by atoms with van der Waals surface area (Å²) in [5, 5.41) is 9.47. The Morgan fingerprint density at radius 2 is 2.14 bits per heavy atom. The molecule has 0 aliphatic heterocycles. The number of aliphatic carboxylic acids is 1. The van der Waals surface area contributed by atoms with E-state index in [1.807, 2.05) is 12.1 Å². The van der Waals surface area contributed by atoms with Crippen molar-refractivity contribution in [2.45, 2.75) is 6.61 Å². The van der Waals surface area contributed by atoms with Crippen molar-refractivity contribution in [2.24, 2.45) is 0 Å². The molecule has 0 atom stereocenters. The molecule has 110 valence electrons. The molecule has 0 spiro atoms. The summed E-state index contributed by atoms with van der Waals surface area (Å²) in [7, 11) is 0. The molecule has 0 bridgehead atoms. The van der Waals surface area contributed by atoms with Gasteiger partial charge in [-0.15, -0.1) is 11.3 Å². The van der Waals surface area contributed by atoms with Gasteiger partial charge in [-0.3, -0.25) is 0 Å². The highest BCUT2D eigenvalue weighted by molar-refractivity contribution is 9.11. The van der Waals surface area contributed by atoms with Crippen LogP contribution >= 0.6 is 50.5 Å². The molecule has 1 aromatic carbocycles. The van der Waals surface area contributed by atoms with Gasteiger partial charge >= 0.3 is 5.97 Å². The molecule has 1 aromatic heterocycles. The summed E-state index contributed by atoms with van der Waals surface area (Å²) < 4.78 is 6.72. The third kappa shape index (κ3) is 4.74. The lowest BCUT2D eigenvalue weighted by atomic mass is 10.2. The summed E-state index contributed by atoms with van der Waals surface area (Å²) in [6.45, 7) is 0.339. The fourth-order valence-electron chi connectivity index (χ4n) is 1.59. The average molecular weight is 408 g/mol. The maximum atomic E-state index is 10.6. The minimum atomic E-state index is -1.06. The number of hydrogen-bond acceptors (Lipinski definition) is 3. The topological polar surface area (TPSA) is 46.5 Å². The van der Waals surface area contributed by atoms with E-state index in [-0.39, 0.29) is 0 Å². The van der Waals surface area contributed by atoms with E-state index in [2.05, 4.69) is 15.9 Å². The Morgan fingerprint density at radius 3 is 2.76 bits per heavy atom. The van der Waals surface area contributed by atoms with Gasteiger partial charge in [0.15, 0.2) is 0 Å². The highest BCUT2D eigenvalue weighted by atomic mass is 79.9. The molecule has 0 aliphatic rings. The van der Waals surface area contributed by atoms with Gasteiger partial charge in [-0.2, -0.15) is 0 Å². The minimum absolute atomic E-state index is 0.336. The van der Waals surface area contributed by atoms with E-state index in [9.17, 15) is 4.79 Å². The Labute approximate surface area is 143 Å². The second kappa shape index (κ2) is 7.31. The molecular formula is C14H9BrCl2O3S. The summed E-state index contributed by atoms with van der Waals surface area (Å²) >= 11 is 17.0. The third-order valence-electron chi connectivity index (χ3n) is 2.43. The first-order valence-electron chi connectivity index (χ1n) is 5.73. The summed E-state index contributed by atoms with van der Waals surface area (Å²) in [6.07, 6.45) is 2.41. The molecule has 0 fully saturated rings. The van der Waals surface area contributed by atoms with Crippen LogP contribution in [-0.4, -0.2) is 11.1 Å². The predicted octanol–water partition coefficient (Wildman–Crippen LogP) is 5.49. The largest absolute Gasteiger partial charge is 0.486 e. The third-order valence-corrected chi connectivity index (χ3v) is 4.53. The number of ether oxygens (including phenoxy) is 1. The Morgan fingerprint density at radius 1 is 1.38 bits per heavy atom. The quantitative estimate of drug-likeness (QED) is 0.666. The van der Waals surface area contributed by atoms with Gasteiger partial charge in [-0.1, -0.05) is 23.2 Å². The zero-order chi connectivity index (χ0) is 15.4. The summed E-state index contributed by atoms with van der Waals surface area (Å²) in [6, 6.07) is 7.02. The smallest absolute Gasteiger partial charge is 0.328 e. The first-order valence-corrected chi connectivity index (χ1v) is 8.09. The van der Waals surface area contributed by atoms with Gasteiger partial charge in [0, 0.05) is 21.5 Å². The van der Waals surface area contributed by atoms with Crippen molar-refractivity contribution in [3.05, 3.63) is 54.6 Å². The molecular weight excluding hydrogens is 399 g/mol. The van der Waals surface area contributed by atoms with Crippen molar-refractivity contribution in [1.29, 1.82) is 0 Å². The van der Waals surface area contributed by atoms with Gasteiger partial charge in [0.25, 0.3) is 0 Å². The molecule has 3 nitrogen and oxygen atoms in total. The van der Waals surface area contributed by atoms with E-state index >= 15 is 0 Å². The fraction of sp³-hybridized carbons (Fsp3) is 0.0714. The number of carbonyl (C=O) groups is 1. The van der Waals surface area contributed by atoms with Crippen LogP contribution in [-0.2, 0) is 11.4 Å². The zero-order valence-corrected chi connectivity index (χ0v) is 14.4. The van der Waals surface area contributed by atoms with Crippen LogP contribution in [0, 0.1) is 0 Å². The standard InChI is InChI=1S/C14H9BrCl2O3S/c15-12-3-2-10(21-12)7-20-14-8(1-4-13(18)19)5-9(16)6-11(14)17/h1-6H,7H2,(H,18,19)/b4-1+. The Hall–Kier alpha value is -1.01. The number of carboxylic acid groups (broad SMARTS) is 1. The van der Waals surface area contributed by atoms with E-state index in [0.29, 0.717) is 28.0 Å². The van der Waals surface area contributed by atoms with Crippen molar-refractivity contribution >= 4 is 62.5 Å². The molecule has 0 radical (unpaired) electrons. The second-order valence-corrected chi connectivity index (χ2v) is 7.36. The Bertz CT molecular complexity index is 698.